The van der Waals surface area contributed by atoms with Gasteiger partial charge in [0, 0.05) is 31.5 Å². The summed E-state index contributed by atoms with van der Waals surface area (Å²) >= 11 is 0. The van der Waals surface area contributed by atoms with Gasteiger partial charge in [-0.2, -0.15) is 0 Å². The van der Waals surface area contributed by atoms with Crippen LogP contribution in [-0.4, -0.2) is 106 Å². The number of nitrogens with zero attached hydrogens (tertiary/aromatic N) is 2. The molecule has 0 spiro atoms. The van der Waals surface area contributed by atoms with Gasteiger partial charge in [-0.05, 0) is 43.9 Å². The van der Waals surface area contributed by atoms with Crippen molar-refractivity contribution in [3.05, 3.63) is 58.7 Å². The standard InChI is InChI=1S/C34H34N6O12/c41-23-11-9-19(29(45)37-23)39-31(47)17-5-3-7-21(27(17)33(39)49)51-15-25(43)35-13-1-2-14-36-26(44)16-52-22-8-4-6-18-28(22)34(50)40(32(18)48)20-10-12-24(42)38-30(20)46/h3-8,19-20,31,47H,1-2,9-16H2,(H,35,43)(H,36,44)(H,37,41,45)(H,38,42,46). The quantitative estimate of drug-likeness (QED) is 0.121. The highest BCUT2D eigenvalue weighted by Crippen LogP contribution is 2.39. The molecule has 2 aromatic rings. The molecule has 18 heteroatoms. The first-order chi connectivity index (χ1) is 25.0. The maximum Gasteiger partial charge on any atom is 0.266 e. The second kappa shape index (κ2) is 15.0. The van der Waals surface area contributed by atoms with Crippen LogP contribution in [0.1, 0.15) is 81.4 Å². The SMILES string of the molecule is O=C(COc1cccc2c1C(=O)N(C1CCC(=O)NC1=O)C2=O)NCCCCNC(=O)COc1cccc2c1C(=O)N(C1CCC(=O)NC1=O)C2O. The lowest BCUT2D eigenvalue weighted by Crippen LogP contribution is -2.54. The molecule has 9 amide bonds. The van der Waals surface area contributed by atoms with E-state index in [1.807, 2.05) is 0 Å². The zero-order valence-corrected chi connectivity index (χ0v) is 27.6. The fourth-order valence-electron chi connectivity index (χ4n) is 6.46. The lowest BCUT2D eigenvalue weighted by Gasteiger charge is -2.31. The molecule has 2 saturated heterocycles. The largest absolute Gasteiger partial charge is 0.483 e. The van der Waals surface area contributed by atoms with E-state index >= 15 is 0 Å². The zero-order chi connectivity index (χ0) is 37.1. The number of carbonyl (C=O) groups is 9. The third-order valence-corrected chi connectivity index (χ3v) is 8.99. The van der Waals surface area contributed by atoms with E-state index in [0.29, 0.717) is 12.8 Å². The minimum atomic E-state index is -1.43. The molecule has 52 heavy (non-hydrogen) atoms. The Bertz CT molecular complexity index is 1900. The molecule has 4 aliphatic heterocycles. The number of aliphatic hydroxyl groups excluding tert-OH is 1. The predicted molar refractivity (Wildman–Crippen MR) is 173 cm³/mol. The maximum absolute atomic E-state index is 13.2. The third kappa shape index (κ3) is 7.05. The first kappa shape index (κ1) is 35.6. The Balaban J connectivity index is 0.905. The van der Waals surface area contributed by atoms with E-state index in [1.165, 1.54) is 30.3 Å². The molecular weight excluding hydrogens is 684 g/mol. The number of nitrogens with one attached hydrogen (secondary N) is 4. The number of benzene rings is 2. The summed E-state index contributed by atoms with van der Waals surface area (Å²) in [6.07, 6.45) is -0.393. The molecule has 18 nitrogen and oxygen atoms in total. The summed E-state index contributed by atoms with van der Waals surface area (Å²) in [6, 6.07) is 6.68. The van der Waals surface area contributed by atoms with Gasteiger partial charge in [-0.15, -0.1) is 0 Å². The number of carbonyl (C=O) groups excluding carboxylic acids is 9. The number of rotatable bonds is 13. The summed E-state index contributed by atoms with van der Waals surface area (Å²) in [6.45, 7) is -0.405. The minimum absolute atomic E-state index is 0.00151. The first-order valence-corrected chi connectivity index (χ1v) is 16.6. The Morgan fingerprint density at radius 2 is 1.25 bits per heavy atom. The summed E-state index contributed by atoms with van der Waals surface area (Å²) in [4.78, 5) is 114. The van der Waals surface area contributed by atoms with Crippen molar-refractivity contribution >= 4 is 53.2 Å². The minimum Gasteiger partial charge on any atom is -0.483 e. The van der Waals surface area contributed by atoms with E-state index in [-0.39, 0.29) is 72.5 Å². The molecule has 0 saturated carbocycles. The van der Waals surface area contributed by atoms with Crippen LogP contribution in [0.3, 0.4) is 0 Å². The summed E-state index contributed by atoms with van der Waals surface area (Å²) < 4.78 is 11.2. The zero-order valence-electron chi connectivity index (χ0n) is 27.6. The molecule has 2 aromatic carbocycles. The molecule has 0 aromatic heterocycles. The van der Waals surface area contributed by atoms with Crippen molar-refractivity contribution < 1.29 is 57.7 Å². The van der Waals surface area contributed by atoms with Crippen LogP contribution in [0, 0.1) is 0 Å². The fourth-order valence-corrected chi connectivity index (χ4v) is 6.46. The number of imide groups is 3. The van der Waals surface area contributed by atoms with Crippen molar-refractivity contribution in [2.45, 2.75) is 56.8 Å². The number of hydrogen-bond acceptors (Lipinski definition) is 12. The molecule has 0 aliphatic carbocycles. The Kier molecular flexibility index (Phi) is 10.3. The molecule has 272 valence electrons. The van der Waals surface area contributed by atoms with Crippen LogP contribution in [0.4, 0.5) is 0 Å². The summed E-state index contributed by atoms with van der Waals surface area (Å²) in [5.74, 6) is -5.40. The van der Waals surface area contributed by atoms with Crippen molar-refractivity contribution in [1.82, 2.24) is 31.1 Å². The maximum atomic E-state index is 13.2. The highest BCUT2D eigenvalue weighted by Gasteiger charge is 2.47. The second-order valence-electron chi connectivity index (χ2n) is 12.4. The molecule has 0 bridgehead atoms. The summed E-state index contributed by atoms with van der Waals surface area (Å²) in [5, 5.41) is 20.4. The lowest BCUT2D eigenvalue weighted by molar-refractivity contribution is -0.140. The van der Waals surface area contributed by atoms with Gasteiger partial charge in [0.25, 0.3) is 29.5 Å². The predicted octanol–water partition coefficient (Wildman–Crippen LogP) is -1.19. The van der Waals surface area contributed by atoms with Crippen LogP contribution >= 0.6 is 0 Å². The van der Waals surface area contributed by atoms with Gasteiger partial charge in [-0.3, -0.25) is 63.6 Å². The van der Waals surface area contributed by atoms with E-state index in [9.17, 15) is 48.3 Å². The first-order valence-electron chi connectivity index (χ1n) is 16.6. The van der Waals surface area contributed by atoms with Crippen molar-refractivity contribution in [2.24, 2.45) is 0 Å². The lowest BCUT2D eigenvalue weighted by atomic mass is 10.0. The summed E-state index contributed by atoms with van der Waals surface area (Å²) in [7, 11) is 0. The Morgan fingerprint density at radius 1 is 0.712 bits per heavy atom. The van der Waals surface area contributed by atoms with Crippen LogP contribution in [-0.2, 0) is 28.8 Å². The number of amides is 9. The van der Waals surface area contributed by atoms with Crippen molar-refractivity contribution in [2.75, 3.05) is 26.3 Å². The molecule has 3 atom stereocenters. The number of unbranched alkanes of at least 4 members (excludes halogenated alkanes) is 1. The van der Waals surface area contributed by atoms with Gasteiger partial charge < -0.3 is 25.2 Å². The van der Waals surface area contributed by atoms with Gasteiger partial charge in [0.1, 0.15) is 23.6 Å². The summed E-state index contributed by atoms with van der Waals surface area (Å²) in [5.41, 5.74) is 0.196. The van der Waals surface area contributed by atoms with Gasteiger partial charge in [0.05, 0.1) is 16.7 Å². The van der Waals surface area contributed by atoms with E-state index in [1.54, 1.807) is 6.07 Å². The highest BCUT2D eigenvalue weighted by atomic mass is 16.5. The van der Waals surface area contributed by atoms with E-state index < -0.39 is 84.7 Å². The Morgan fingerprint density at radius 3 is 1.83 bits per heavy atom. The molecule has 4 heterocycles. The number of ether oxygens (including phenoxy) is 2. The van der Waals surface area contributed by atoms with E-state index in [0.717, 1.165) is 9.80 Å². The molecule has 5 N–H and O–H groups in total. The topological polar surface area (TPSA) is 247 Å². The van der Waals surface area contributed by atoms with E-state index in [4.69, 9.17) is 9.47 Å². The Labute approximate surface area is 295 Å². The highest BCUT2D eigenvalue weighted by molar-refractivity contribution is 6.24. The molecule has 2 fully saturated rings. The smallest absolute Gasteiger partial charge is 0.266 e. The average molecular weight is 719 g/mol. The number of piperidine rings is 2. The van der Waals surface area contributed by atoms with Crippen molar-refractivity contribution in [1.29, 1.82) is 0 Å². The molecule has 0 radical (unpaired) electrons. The van der Waals surface area contributed by atoms with Crippen LogP contribution < -0.4 is 30.7 Å². The molecule has 6 rings (SSSR count). The van der Waals surface area contributed by atoms with Crippen LogP contribution in [0.15, 0.2) is 36.4 Å². The number of hydrogen-bond donors (Lipinski definition) is 5. The third-order valence-electron chi connectivity index (χ3n) is 8.99. The normalized spacial score (nSPS) is 21.0. The molecular formula is C34H34N6O12. The molecule has 3 unspecified atom stereocenters. The monoisotopic (exact) mass is 718 g/mol. The van der Waals surface area contributed by atoms with Gasteiger partial charge >= 0.3 is 0 Å². The average Bonchev–Trinajstić information content (AvgIpc) is 3.52. The second-order valence-corrected chi connectivity index (χ2v) is 12.4. The number of fused-ring (bicyclic) bond motifs is 2. The van der Waals surface area contributed by atoms with Gasteiger partial charge in [0.15, 0.2) is 19.4 Å². The van der Waals surface area contributed by atoms with Gasteiger partial charge in [0.2, 0.25) is 23.6 Å². The number of aliphatic hydroxyl groups is 1. The van der Waals surface area contributed by atoms with Crippen LogP contribution in [0.2, 0.25) is 0 Å². The Hall–Kier alpha value is -6.17. The van der Waals surface area contributed by atoms with Gasteiger partial charge in [-0.25, -0.2) is 0 Å². The van der Waals surface area contributed by atoms with E-state index in [2.05, 4.69) is 21.3 Å². The molecule has 4 aliphatic rings. The van der Waals surface area contributed by atoms with Crippen molar-refractivity contribution in [3.63, 3.8) is 0 Å². The van der Waals surface area contributed by atoms with Crippen molar-refractivity contribution in [3.8, 4) is 11.5 Å². The van der Waals surface area contributed by atoms with Crippen LogP contribution in [0.25, 0.3) is 0 Å². The fraction of sp³-hybridized carbons (Fsp3) is 0.382. The van der Waals surface area contributed by atoms with Gasteiger partial charge in [-0.1, -0.05) is 18.2 Å². The van der Waals surface area contributed by atoms with Crippen LogP contribution in [0.5, 0.6) is 11.5 Å².